The lowest BCUT2D eigenvalue weighted by Gasteiger charge is -2.20. The highest BCUT2D eigenvalue weighted by atomic mass is 16.5. The van der Waals surface area contributed by atoms with Gasteiger partial charge in [0.1, 0.15) is 5.75 Å². The van der Waals surface area contributed by atoms with Crippen LogP contribution in [0.25, 0.3) is 0 Å². The zero-order chi connectivity index (χ0) is 20.7. The summed E-state index contributed by atoms with van der Waals surface area (Å²) in [5.41, 5.74) is 3.79. The molecule has 0 heterocycles. The molecule has 0 spiro atoms. The molecule has 0 atom stereocenters. The number of amides is 3. The molecule has 2 aromatic rings. The Bertz CT molecular complexity index is 816. The highest BCUT2D eigenvalue weighted by molar-refractivity contribution is 5.92. The monoisotopic (exact) mass is 383 g/mol. The molecule has 0 saturated heterocycles. The van der Waals surface area contributed by atoms with E-state index < -0.39 is 0 Å². The summed E-state index contributed by atoms with van der Waals surface area (Å²) >= 11 is 0. The van der Waals surface area contributed by atoms with Crippen molar-refractivity contribution in [3.8, 4) is 5.75 Å². The normalized spacial score (nSPS) is 10.5. The van der Waals surface area contributed by atoms with E-state index in [1.807, 2.05) is 63.2 Å². The van der Waals surface area contributed by atoms with Crippen molar-refractivity contribution in [3.63, 3.8) is 0 Å². The largest absolute Gasteiger partial charge is 0.496 e. The average Bonchev–Trinajstić information content (AvgIpc) is 2.67. The summed E-state index contributed by atoms with van der Waals surface area (Å²) in [6.07, 6.45) is 0. The molecule has 6 heteroatoms. The predicted octanol–water partition coefficient (Wildman–Crippen LogP) is 3.94. The number of hydrogen-bond donors (Lipinski definition) is 2. The van der Waals surface area contributed by atoms with Crippen LogP contribution in [0.1, 0.15) is 30.5 Å². The molecule has 0 aliphatic heterocycles. The van der Waals surface area contributed by atoms with Gasteiger partial charge >= 0.3 is 6.03 Å². The van der Waals surface area contributed by atoms with E-state index in [0.29, 0.717) is 13.1 Å². The summed E-state index contributed by atoms with van der Waals surface area (Å²) in [6.45, 7) is 6.57. The molecule has 0 radical (unpaired) electrons. The maximum absolute atomic E-state index is 12.4. The smallest absolute Gasteiger partial charge is 0.317 e. The Morgan fingerprint density at radius 2 is 1.79 bits per heavy atom. The third-order valence-electron chi connectivity index (χ3n) is 4.38. The lowest BCUT2D eigenvalue weighted by atomic mass is 10.1. The van der Waals surface area contributed by atoms with Gasteiger partial charge in [-0.3, -0.25) is 4.79 Å². The molecule has 150 valence electrons. The predicted molar refractivity (Wildman–Crippen MR) is 111 cm³/mol. The van der Waals surface area contributed by atoms with Gasteiger partial charge in [-0.05, 0) is 30.7 Å². The number of benzene rings is 2. The summed E-state index contributed by atoms with van der Waals surface area (Å²) < 4.78 is 5.38. The van der Waals surface area contributed by atoms with Gasteiger partial charge in [0.15, 0.2) is 0 Å². The van der Waals surface area contributed by atoms with E-state index >= 15 is 0 Å². The van der Waals surface area contributed by atoms with Crippen molar-refractivity contribution in [1.82, 2.24) is 10.2 Å². The lowest BCUT2D eigenvalue weighted by molar-refractivity contribution is -0.118. The van der Waals surface area contributed by atoms with E-state index in [1.54, 1.807) is 19.1 Å². The third kappa shape index (κ3) is 6.01. The number of nitrogens with one attached hydrogen (secondary N) is 2. The van der Waals surface area contributed by atoms with Crippen LogP contribution in [-0.2, 0) is 17.9 Å². The number of urea groups is 1. The molecule has 2 aromatic carbocycles. The highest BCUT2D eigenvalue weighted by Gasteiger charge is 2.12. The van der Waals surface area contributed by atoms with Crippen molar-refractivity contribution in [3.05, 3.63) is 59.2 Å². The molecule has 28 heavy (non-hydrogen) atoms. The van der Waals surface area contributed by atoms with Crippen molar-refractivity contribution >= 4 is 17.6 Å². The number of ether oxygens (including phenoxy) is 1. The standard InChI is InChI=1S/C22H29N3O3/c1-15(2)21(26)24-19-9-7-17(8-10-19)13-23-22(27)25(4)14-18-12-16(3)6-11-20(18)28-5/h6-12,15H,13-14H2,1-5H3,(H,23,27)(H,24,26). The molecule has 0 aromatic heterocycles. The summed E-state index contributed by atoms with van der Waals surface area (Å²) in [5, 5.41) is 5.76. The van der Waals surface area contributed by atoms with Gasteiger partial charge in [0.2, 0.25) is 5.91 Å². The molecule has 6 nitrogen and oxygen atoms in total. The Balaban J connectivity index is 1.89. The molecule has 0 saturated carbocycles. The van der Waals surface area contributed by atoms with E-state index in [-0.39, 0.29) is 17.9 Å². The first-order chi connectivity index (χ1) is 13.3. The Morgan fingerprint density at radius 1 is 1.11 bits per heavy atom. The van der Waals surface area contributed by atoms with Crippen molar-refractivity contribution < 1.29 is 14.3 Å². The Morgan fingerprint density at radius 3 is 2.39 bits per heavy atom. The number of carbonyl (C=O) groups excluding carboxylic acids is 2. The zero-order valence-electron chi connectivity index (χ0n) is 17.2. The minimum atomic E-state index is -0.166. The second kappa shape index (κ2) is 9.78. The molecule has 0 bridgehead atoms. The van der Waals surface area contributed by atoms with Gasteiger partial charge < -0.3 is 20.3 Å². The van der Waals surface area contributed by atoms with E-state index in [2.05, 4.69) is 10.6 Å². The molecular formula is C22H29N3O3. The number of aryl methyl sites for hydroxylation is 1. The van der Waals surface area contributed by atoms with E-state index in [0.717, 1.165) is 28.1 Å². The number of anilines is 1. The quantitative estimate of drug-likeness (QED) is 0.761. The lowest BCUT2D eigenvalue weighted by Crippen LogP contribution is -2.36. The van der Waals surface area contributed by atoms with Gasteiger partial charge in [-0.15, -0.1) is 0 Å². The van der Waals surface area contributed by atoms with Crippen LogP contribution >= 0.6 is 0 Å². The second-order valence-corrected chi connectivity index (χ2v) is 7.17. The minimum absolute atomic E-state index is 0.0192. The van der Waals surface area contributed by atoms with E-state index in [1.165, 1.54) is 0 Å². The van der Waals surface area contributed by atoms with Crippen molar-refractivity contribution in [2.45, 2.75) is 33.9 Å². The zero-order valence-corrected chi connectivity index (χ0v) is 17.2. The van der Waals surface area contributed by atoms with Gasteiger partial charge in [0, 0.05) is 30.8 Å². The molecule has 0 aliphatic carbocycles. The number of methoxy groups -OCH3 is 1. The van der Waals surface area contributed by atoms with Crippen molar-refractivity contribution in [2.24, 2.45) is 5.92 Å². The maximum atomic E-state index is 12.4. The van der Waals surface area contributed by atoms with Crippen LogP contribution in [0, 0.1) is 12.8 Å². The van der Waals surface area contributed by atoms with Crippen LogP contribution in [0.3, 0.4) is 0 Å². The fraction of sp³-hybridized carbons (Fsp3) is 0.364. The van der Waals surface area contributed by atoms with Crippen LogP contribution in [-0.4, -0.2) is 31.0 Å². The molecule has 3 amide bonds. The van der Waals surface area contributed by atoms with Gasteiger partial charge in [0.05, 0.1) is 13.7 Å². The van der Waals surface area contributed by atoms with Crippen LogP contribution in [0.2, 0.25) is 0 Å². The first kappa shape index (κ1) is 21.3. The summed E-state index contributed by atoms with van der Waals surface area (Å²) in [6, 6.07) is 13.2. The van der Waals surface area contributed by atoms with Crippen LogP contribution in [0.15, 0.2) is 42.5 Å². The Kier molecular flexibility index (Phi) is 7.44. The van der Waals surface area contributed by atoms with Crippen molar-refractivity contribution in [2.75, 3.05) is 19.5 Å². The SMILES string of the molecule is COc1ccc(C)cc1CN(C)C(=O)NCc1ccc(NC(=O)C(C)C)cc1. The number of carbonyl (C=O) groups is 2. The van der Waals surface area contributed by atoms with Crippen LogP contribution < -0.4 is 15.4 Å². The minimum Gasteiger partial charge on any atom is -0.496 e. The first-order valence-electron chi connectivity index (χ1n) is 9.32. The highest BCUT2D eigenvalue weighted by Crippen LogP contribution is 2.21. The maximum Gasteiger partial charge on any atom is 0.317 e. The summed E-state index contributed by atoms with van der Waals surface area (Å²) in [4.78, 5) is 25.8. The summed E-state index contributed by atoms with van der Waals surface area (Å²) in [7, 11) is 3.38. The fourth-order valence-electron chi connectivity index (χ4n) is 2.66. The topological polar surface area (TPSA) is 70.7 Å². The molecule has 2 N–H and O–H groups in total. The number of nitrogens with zero attached hydrogens (tertiary/aromatic N) is 1. The first-order valence-corrected chi connectivity index (χ1v) is 9.32. The summed E-state index contributed by atoms with van der Waals surface area (Å²) in [5.74, 6) is 0.681. The Labute approximate surface area is 166 Å². The van der Waals surface area contributed by atoms with Gasteiger partial charge in [0.25, 0.3) is 0 Å². The van der Waals surface area contributed by atoms with Crippen molar-refractivity contribution in [1.29, 1.82) is 0 Å². The van der Waals surface area contributed by atoms with Gasteiger partial charge in [-0.1, -0.05) is 43.7 Å². The van der Waals surface area contributed by atoms with Gasteiger partial charge in [-0.25, -0.2) is 4.79 Å². The Hall–Kier alpha value is -3.02. The van der Waals surface area contributed by atoms with Crippen LogP contribution in [0.5, 0.6) is 5.75 Å². The number of hydrogen-bond acceptors (Lipinski definition) is 3. The molecule has 0 fully saturated rings. The number of rotatable bonds is 7. The second-order valence-electron chi connectivity index (χ2n) is 7.17. The molecular weight excluding hydrogens is 354 g/mol. The molecule has 0 unspecified atom stereocenters. The van der Waals surface area contributed by atoms with Gasteiger partial charge in [-0.2, -0.15) is 0 Å². The third-order valence-corrected chi connectivity index (χ3v) is 4.38. The fourth-order valence-corrected chi connectivity index (χ4v) is 2.66. The molecule has 0 aliphatic rings. The van der Waals surface area contributed by atoms with E-state index in [4.69, 9.17) is 4.74 Å². The average molecular weight is 383 g/mol. The van der Waals surface area contributed by atoms with E-state index in [9.17, 15) is 9.59 Å². The van der Waals surface area contributed by atoms with Crippen LogP contribution in [0.4, 0.5) is 10.5 Å². The molecule has 2 rings (SSSR count).